The molecule has 2 rings (SSSR count). The summed E-state index contributed by atoms with van der Waals surface area (Å²) in [5.41, 5.74) is 1.56. The molecule has 0 unspecified atom stereocenters. The second-order valence-electron chi connectivity index (χ2n) is 4.62. The molecule has 0 aliphatic rings. The lowest BCUT2D eigenvalue weighted by molar-refractivity contribution is 0.282. The first-order valence-corrected chi connectivity index (χ1v) is 8.89. The van der Waals surface area contributed by atoms with E-state index in [0.29, 0.717) is 23.5 Å². The highest BCUT2D eigenvalue weighted by Gasteiger charge is 2.28. The molecule has 5 nitrogen and oxygen atoms in total. The summed E-state index contributed by atoms with van der Waals surface area (Å²) >= 11 is 1.27. The minimum Gasteiger partial charge on any atom is -0.391 e. The Labute approximate surface area is 128 Å². The van der Waals surface area contributed by atoms with Crippen LogP contribution < -0.4 is 0 Å². The molecule has 2 heterocycles. The van der Waals surface area contributed by atoms with Crippen LogP contribution >= 0.6 is 11.3 Å². The van der Waals surface area contributed by atoms with Crippen LogP contribution in [0.25, 0.3) is 0 Å². The first-order chi connectivity index (χ1) is 10.0. The number of hydrogen-bond donors (Lipinski definition) is 1. The number of hydrogen-bond acceptors (Lipinski definition) is 5. The van der Waals surface area contributed by atoms with Crippen LogP contribution in [0.3, 0.4) is 0 Å². The van der Waals surface area contributed by atoms with Crippen molar-refractivity contribution in [1.29, 1.82) is 0 Å². The number of aliphatic hydroxyl groups is 1. The number of thiophene rings is 1. The van der Waals surface area contributed by atoms with Crippen molar-refractivity contribution in [1.82, 2.24) is 9.29 Å². The van der Waals surface area contributed by atoms with Gasteiger partial charge in [0, 0.05) is 25.5 Å². The SMILES string of the molecule is CCN(Cc1ccncc1)S(=O)(=O)c1c(C)csc1CO. The highest BCUT2D eigenvalue weighted by Crippen LogP contribution is 2.30. The topological polar surface area (TPSA) is 70.5 Å². The Morgan fingerprint density at radius 1 is 1.33 bits per heavy atom. The van der Waals surface area contributed by atoms with Crippen LogP contribution in [0.1, 0.15) is 22.9 Å². The first kappa shape index (κ1) is 16.1. The van der Waals surface area contributed by atoms with E-state index in [0.717, 1.165) is 5.56 Å². The van der Waals surface area contributed by atoms with E-state index in [2.05, 4.69) is 4.98 Å². The van der Waals surface area contributed by atoms with E-state index in [1.165, 1.54) is 15.6 Å². The minimum absolute atomic E-state index is 0.242. The minimum atomic E-state index is -3.62. The molecule has 0 aromatic carbocycles. The van der Waals surface area contributed by atoms with Gasteiger partial charge in [-0.1, -0.05) is 6.92 Å². The first-order valence-electron chi connectivity index (χ1n) is 6.57. The Morgan fingerprint density at radius 3 is 2.57 bits per heavy atom. The summed E-state index contributed by atoms with van der Waals surface area (Å²) in [5, 5.41) is 11.1. The van der Waals surface area contributed by atoms with Crippen LogP contribution in [0.5, 0.6) is 0 Å². The molecule has 2 aromatic heterocycles. The number of aryl methyl sites for hydroxylation is 1. The highest BCUT2D eigenvalue weighted by molar-refractivity contribution is 7.89. The largest absolute Gasteiger partial charge is 0.391 e. The standard InChI is InChI=1S/C14H18N2O3S2/c1-3-16(8-12-4-6-15-7-5-12)21(18,19)14-11(2)10-20-13(14)9-17/h4-7,10,17H,3,8-9H2,1-2H3. The Bertz CT molecular complexity index is 696. The Kier molecular flexibility index (Phi) is 5.10. The molecule has 0 saturated carbocycles. The fourth-order valence-corrected chi connectivity index (χ4v) is 5.18. The zero-order valence-corrected chi connectivity index (χ0v) is 13.6. The molecule has 0 bridgehead atoms. The third kappa shape index (κ3) is 3.32. The van der Waals surface area contributed by atoms with Crippen molar-refractivity contribution >= 4 is 21.4 Å². The summed E-state index contributed by atoms with van der Waals surface area (Å²) in [5.74, 6) is 0. The van der Waals surface area contributed by atoms with Gasteiger partial charge in [-0.25, -0.2) is 8.42 Å². The monoisotopic (exact) mass is 326 g/mol. The van der Waals surface area contributed by atoms with Gasteiger partial charge in [-0.15, -0.1) is 11.3 Å². The molecule has 21 heavy (non-hydrogen) atoms. The second kappa shape index (κ2) is 6.65. The van der Waals surface area contributed by atoms with Crippen molar-refractivity contribution in [2.45, 2.75) is 31.9 Å². The van der Waals surface area contributed by atoms with Gasteiger partial charge < -0.3 is 5.11 Å². The molecule has 7 heteroatoms. The van der Waals surface area contributed by atoms with Crippen molar-refractivity contribution in [2.75, 3.05) is 6.54 Å². The van der Waals surface area contributed by atoms with Gasteiger partial charge in [0.1, 0.15) is 4.90 Å². The molecular weight excluding hydrogens is 308 g/mol. The summed E-state index contributed by atoms with van der Waals surface area (Å²) in [7, 11) is -3.62. The van der Waals surface area contributed by atoms with Gasteiger partial charge in [0.05, 0.1) is 11.5 Å². The maximum atomic E-state index is 12.8. The van der Waals surface area contributed by atoms with Gasteiger partial charge in [-0.2, -0.15) is 4.31 Å². The lowest BCUT2D eigenvalue weighted by atomic mass is 10.3. The third-order valence-corrected chi connectivity index (χ3v) is 6.56. The van der Waals surface area contributed by atoms with Crippen molar-refractivity contribution in [3.05, 3.63) is 45.9 Å². The predicted octanol–water partition coefficient (Wildman–Crippen LogP) is 2.15. The van der Waals surface area contributed by atoms with E-state index in [9.17, 15) is 13.5 Å². The van der Waals surface area contributed by atoms with E-state index in [-0.39, 0.29) is 11.5 Å². The average molecular weight is 326 g/mol. The molecule has 0 saturated heterocycles. The smallest absolute Gasteiger partial charge is 0.244 e. The van der Waals surface area contributed by atoms with E-state index < -0.39 is 10.0 Å². The maximum absolute atomic E-state index is 12.8. The van der Waals surface area contributed by atoms with Crippen LogP contribution in [0, 0.1) is 6.92 Å². The molecule has 1 N–H and O–H groups in total. The summed E-state index contributed by atoms with van der Waals surface area (Å²) in [6.45, 7) is 3.95. The number of nitrogens with zero attached hydrogens (tertiary/aromatic N) is 2. The Balaban J connectivity index is 2.38. The van der Waals surface area contributed by atoms with Crippen LogP contribution in [0.2, 0.25) is 0 Å². The second-order valence-corrected chi connectivity index (χ2v) is 7.45. The van der Waals surface area contributed by atoms with Crippen molar-refractivity contribution < 1.29 is 13.5 Å². The molecule has 0 atom stereocenters. The molecule has 0 amide bonds. The summed E-state index contributed by atoms with van der Waals surface area (Å²) < 4.78 is 27.1. The van der Waals surface area contributed by atoms with Crippen LogP contribution in [0.4, 0.5) is 0 Å². The Morgan fingerprint density at radius 2 is 2.00 bits per heavy atom. The number of pyridine rings is 1. The predicted molar refractivity (Wildman–Crippen MR) is 82.5 cm³/mol. The number of sulfonamides is 1. The van der Waals surface area contributed by atoms with E-state index >= 15 is 0 Å². The zero-order valence-electron chi connectivity index (χ0n) is 12.0. The number of rotatable bonds is 6. The summed E-state index contributed by atoms with van der Waals surface area (Å²) in [6.07, 6.45) is 3.29. The van der Waals surface area contributed by atoms with Gasteiger partial charge in [-0.3, -0.25) is 4.98 Å². The highest BCUT2D eigenvalue weighted by atomic mass is 32.2. The fraction of sp³-hybridized carbons (Fsp3) is 0.357. The fourth-order valence-electron chi connectivity index (χ4n) is 2.13. The van der Waals surface area contributed by atoms with Gasteiger partial charge in [0.2, 0.25) is 10.0 Å². The van der Waals surface area contributed by atoms with Crippen molar-refractivity contribution in [3.8, 4) is 0 Å². The molecular formula is C14H18N2O3S2. The molecule has 0 aliphatic carbocycles. The number of aromatic nitrogens is 1. The normalized spacial score (nSPS) is 12.0. The van der Waals surface area contributed by atoms with E-state index in [1.54, 1.807) is 43.8 Å². The van der Waals surface area contributed by atoms with Gasteiger partial charge in [0.15, 0.2) is 0 Å². The van der Waals surface area contributed by atoms with Crippen molar-refractivity contribution in [3.63, 3.8) is 0 Å². The van der Waals surface area contributed by atoms with E-state index in [4.69, 9.17) is 0 Å². The Hall–Kier alpha value is -1.28. The molecule has 114 valence electrons. The van der Waals surface area contributed by atoms with Gasteiger partial charge >= 0.3 is 0 Å². The quantitative estimate of drug-likeness (QED) is 0.883. The van der Waals surface area contributed by atoms with Crippen LogP contribution in [-0.4, -0.2) is 29.4 Å². The van der Waals surface area contributed by atoms with E-state index in [1.807, 2.05) is 0 Å². The average Bonchev–Trinajstić information content (AvgIpc) is 2.87. The van der Waals surface area contributed by atoms with Crippen LogP contribution in [-0.2, 0) is 23.2 Å². The van der Waals surface area contributed by atoms with Crippen LogP contribution in [0.15, 0.2) is 34.8 Å². The molecule has 0 aliphatic heterocycles. The lowest BCUT2D eigenvalue weighted by Crippen LogP contribution is -2.31. The zero-order chi connectivity index (χ0) is 15.5. The summed E-state index contributed by atoms with van der Waals surface area (Å²) in [6, 6.07) is 3.59. The van der Waals surface area contributed by atoms with Crippen molar-refractivity contribution in [2.24, 2.45) is 0 Å². The van der Waals surface area contributed by atoms with Gasteiger partial charge in [-0.05, 0) is 35.6 Å². The maximum Gasteiger partial charge on any atom is 0.244 e. The van der Waals surface area contributed by atoms with Gasteiger partial charge in [0.25, 0.3) is 0 Å². The molecule has 0 spiro atoms. The summed E-state index contributed by atoms with van der Waals surface area (Å²) in [4.78, 5) is 4.66. The molecule has 2 aromatic rings. The number of aliphatic hydroxyl groups excluding tert-OH is 1. The molecule has 0 fully saturated rings. The third-order valence-electron chi connectivity index (χ3n) is 3.19. The lowest BCUT2D eigenvalue weighted by Gasteiger charge is -2.21. The molecule has 0 radical (unpaired) electrons.